The third-order valence-corrected chi connectivity index (χ3v) is 11.0. The molecular formula is C44H24O2S. The maximum Gasteiger partial charge on any atom is 0.136 e. The lowest BCUT2D eigenvalue weighted by molar-refractivity contribution is 0.668. The summed E-state index contributed by atoms with van der Waals surface area (Å²) >= 11 is 1.86. The molecule has 1 aliphatic rings. The predicted octanol–water partition coefficient (Wildman–Crippen LogP) is 13.3. The Hall–Kier alpha value is -5.77. The highest BCUT2D eigenvalue weighted by Crippen LogP contribution is 2.50. The van der Waals surface area contributed by atoms with Gasteiger partial charge in [-0.2, -0.15) is 0 Å². The van der Waals surface area contributed by atoms with Crippen molar-refractivity contribution in [2.45, 2.75) is 9.79 Å². The Kier molecular flexibility index (Phi) is 5.08. The van der Waals surface area contributed by atoms with Crippen molar-refractivity contribution in [1.29, 1.82) is 0 Å². The number of rotatable bonds is 2. The van der Waals surface area contributed by atoms with E-state index >= 15 is 0 Å². The number of hydrogen-bond donors (Lipinski definition) is 0. The molecule has 0 aliphatic carbocycles. The minimum atomic E-state index is 0.884. The summed E-state index contributed by atoms with van der Waals surface area (Å²) in [6.45, 7) is 0. The fourth-order valence-electron chi connectivity index (χ4n) is 7.70. The van der Waals surface area contributed by atoms with Crippen LogP contribution in [0.25, 0.3) is 98.8 Å². The van der Waals surface area contributed by atoms with Gasteiger partial charge in [0.25, 0.3) is 0 Å². The Morgan fingerprint density at radius 1 is 0.340 bits per heavy atom. The highest BCUT2D eigenvalue weighted by atomic mass is 32.2. The number of benzene rings is 8. The molecule has 0 amide bonds. The standard InChI is InChI=1S/C44H24O2S/c1-2-8-26-22-40-36(21-25(26)7-1)43-30(10-6-13-37(43)45-40)28-16-18-32-31-17-15-27(23-38(31)46-39(32)24-28)29-19-20-42-44-34(29)11-5-12-35(44)33-9-3-4-14-41(33)47-42/h1-24H. The van der Waals surface area contributed by atoms with Gasteiger partial charge >= 0.3 is 0 Å². The van der Waals surface area contributed by atoms with Crippen LogP contribution in [0.2, 0.25) is 0 Å². The third kappa shape index (κ3) is 3.63. The molecule has 0 fully saturated rings. The van der Waals surface area contributed by atoms with Crippen LogP contribution in [0.5, 0.6) is 0 Å². The summed E-state index contributed by atoms with van der Waals surface area (Å²) in [7, 11) is 0. The number of furan rings is 2. The van der Waals surface area contributed by atoms with Gasteiger partial charge in [-0.1, -0.05) is 103 Å². The van der Waals surface area contributed by atoms with Crippen LogP contribution in [-0.2, 0) is 0 Å². The first-order valence-electron chi connectivity index (χ1n) is 15.9. The van der Waals surface area contributed by atoms with Crippen molar-refractivity contribution in [2.24, 2.45) is 0 Å². The zero-order valence-corrected chi connectivity index (χ0v) is 25.9. The van der Waals surface area contributed by atoms with Crippen LogP contribution < -0.4 is 0 Å². The van der Waals surface area contributed by atoms with E-state index in [1.807, 2.05) is 11.8 Å². The summed E-state index contributed by atoms with van der Waals surface area (Å²) in [4.78, 5) is 2.62. The molecule has 10 aromatic rings. The second kappa shape index (κ2) is 9.38. The molecule has 0 spiro atoms. The maximum atomic E-state index is 6.63. The van der Waals surface area contributed by atoms with Crippen LogP contribution in [0.3, 0.4) is 0 Å². The second-order valence-corrected chi connectivity index (χ2v) is 13.5. The van der Waals surface area contributed by atoms with Crippen LogP contribution in [0.1, 0.15) is 0 Å². The normalized spacial score (nSPS) is 12.6. The van der Waals surface area contributed by atoms with Gasteiger partial charge in [0.15, 0.2) is 0 Å². The minimum absolute atomic E-state index is 0.884. The van der Waals surface area contributed by atoms with Gasteiger partial charge in [-0.25, -0.2) is 0 Å². The fraction of sp³-hybridized carbons (Fsp3) is 0. The summed E-state index contributed by atoms with van der Waals surface area (Å²) < 4.78 is 13.0. The van der Waals surface area contributed by atoms with Crippen molar-refractivity contribution in [3.05, 3.63) is 146 Å². The van der Waals surface area contributed by atoms with Gasteiger partial charge < -0.3 is 8.83 Å². The monoisotopic (exact) mass is 616 g/mol. The van der Waals surface area contributed by atoms with Crippen molar-refractivity contribution in [1.82, 2.24) is 0 Å². The molecule has 3 heteroatoms. The minimum Gasteiger partial charge on any atom is -0.456 e. The first-order chi connectivity index (χ1) is 23.3. The molecule has 3 heterocycles. The Morgan fingerprint density at radius 2 is 1.00 bits per heavy atom. The van der Waals surface area contributed by atoms with E-state index in [0.29, 0.717) is 0 Å². The van der Waals surface area contributed by atoms with Gasteiger partial charge in [-0.05, 0) is 104 Å². The van der Waals surface area contributed by atoms with E-state index in [2.05, 4.69) is 146 Å². The number of fused-ring (bicyclic) bond motifs is 9. The van der Waals surface area contributed by atoms with E-state index < -0.39 is 0 Å². The van der Waals surface area contributed by atoms with Crippen molar-refractivity contribution >= 4 is 77.2 Å². The largest absolute Gasteiger partial charge is 0.456 e. The van der Waals surface area contributed by atoms with E-state index in [1.165, 1.54) is 48.0 Å². The van der Waals surface area contributed by atoms with Crippen LogP contribution in [0, 0.1) is 0 Å². The maximum absolute atomic E-state index is 6.63. The van der Waals surface area contributed by atoms with E-state index in [1.54, 1.807) is 0 Å². The third-order valence-electron chi connectivity index (χ3n) is 9.86. The molecule has 1 aliphatic heterocycles. The van der Waals surface area contributed by atoms with Gasteiger partial charge in [0.2, 0.25) is 0 Å². The zero-order valence-electron chi connectivity index (χ0n) is 25.1. The lowest BCUT2D eigenvalue weighted by Crippen LogP contribution is -1.93. The van der Waals surface area contributed by atoms with E-state index in [0.717, 1.165) is 60.6 Å². The van der Waals surface area contributed by atoms with Crippen molar-refractivity contribution < 1.29 is 8.83 Å². The first-order valence-corrected chi connectivity index (χ1v) is 16.7. The topological polar surface area (TPSA) is 26.3 Å². The molecule has 0 saturated carbocycles. The number of hydrogen-bond acceptors (Lipinski definition) is 3. The molecule has 2 aromatic heterocycles. The van der Waals surface area contributed by atoms with Crippen LogP contribution >= 0.6 is 11.8 Å². The molecular weight excluding hydrogens is 593 g/mol. The van der Waals surface area contributed by atoms with Crippen molar-refractivity contribution in [2.75, 3.05) is 0 Å². The SMILES string of the molecule is c1ccc2c(c1)Sc1ccc(-c3ccc4c(c3)oc3cc(-c5cccc6oc7cc8ccccc8cc7c56)ccc34)c3cccc-2c13. The van der Waals surface area contributed by atoms with Gasteiger partial charge in [-0.15, -0.1) is 0 Å². The Labute approximate surface area is 273 Å². The summed E-state index contributed by atoms with van der Waals surface area (Å²) in [5.74, 6) is 0. The highest BCUT2D eigenvalue weighted by molar-refractivity contribution is 7.99. The van der Waals surface area contributed by atoms with E-state index in [4.69, 9.17) is 8.83 Å². The molecule has 0 atom stereocenters. The molecule has 0 bridgehead atoms. The molecule has 0 unspecified atom stereocenters. The quantitative estimate of drug-likeness (QED) is 0.193. The summed E-state index contributed by atoms with van der Waals surface area (Å²) in [6.07, 6.45) is 0. The molecule has 0 N–H and O–H groups in total. The predicted molar refractivity (Wildman–Crippen MR) is 196 cm³/mol. The average molecular weight is 617 g/mol. The van der Waals surface area contributed by atoms with Crippen molar-refractivity contribution in [3.63, 3.8) is 0 Å². The molecule has 47 heavy (non-hydrogen) atoms. The summed E-state index contributed by atoms with van der Waals surface area (Å²) in [5, 5.41) is 9.50. The molecule has 11 rings (SSSR count). The molecule has 0 radical (unpaired) electrons. The second-order valence-electron chi connectivity index (χ2n) is 12.4. The Balaban J connectivity index is 1.06. The van der Waals surface area contributed by atoms with Gasteiger partial charge in [-0.3, -0.25) is 0 Å². The fourth-order valence-corrected chi connectivity index (χ4v) is 8.83. The molecule has 218 valence electrons. The lowest BCUT2D eigenvalue weighted by Gasteiger charge is -2.21. The van der Waals surface area contributed by atoms with Crippen LogP contribution in [-0.4, -0.2) is 0 Å². The van der Waals surface area contributed by atoms with E-state index in [-0.39, 0.29) is 0 Å². The Bertz CT molecular complexity index is 2940. The van der Waals surface area contributed by atoms with Gasteiger partial charge in [0.1, 0.15) is 22.3 Å². The summed E-state index contributed by atoms with van der Waals surface area (Å²) in [6, 6.07) is 52.4. The summed E-state index contributed by atoms with van der Waals surface area (Å²) in [5.41, 5.74) is 10.8. The first kappa shape index (κ1) is 25.4. The molecule has 0 saturated heterocycles. The molecule has 8 aromatic carbocycles. The van der Waals surface area contributed by atoms with Gasteiger partial charge in [0.05, 0.1) is 0 Å². The van der Waals surface area contributed by atoms with Crippen molar-refractivity contribution in [3.8, 4) is 33.4 Å². The highest BCUT2D eigenvalue weighted by Gasteiger charge is 2.21. The van der Waals surface area contributed by atoms with Gasteiger partial charge in [0, 0.05) is 36.7 Å². The zero-order chi connectivity index (χ0) is 30.6. The lowest BCUT2D eigenvalue weighted by atomic mass is 9.92. The smallest absolute Gasteiger partial charge is 0.136 e. The Morgan fingerprint density at radius 3 is 1.85 bits per heavy atom. The van der Waals surface area contributed by atoms with Crippen LogP contribution in [0.4, 0.5) is 0 Å². The van der Waals surface area contributed by atoms with E-state index in [9.17, 15) is 0 Å². The average Bonchev–Trinajstić information content (AvgIpc) is 3.67. The van der Waals surface area contributed by atoms with Crippen LogP contribution in [0.15, 0.2) is 164 Å². The molecule has 2 nitrogen and oxygen atoms in total.